The van der Waals surface area contributed by atoms with Crippen molar-refractivity contribution < 1.29 is 35.8 Å². The third-order valence-electron chi connectivity index (χ3n) is 4.98. The van der Waals surface area contributed by atoms with Gasteiger partial charge < -0.3 is 9.47 Å². The number of alkyl halides is 4. The molecule has 1 atom stereocenters. The van der Waals surface area contributed by atoms with Gasteiger partial charge in [0.15, 0.2) is 12.2 Å². The van der Waals surface area contributed by atoms with Gasteiger partial charge in [0, 0.05) is 17.2 Å². The molecule has 0 N–H and O–H groups in total. The van der Waals surface area contributed by atoms with Crippen LogP contribution in [0, 0.1) is 11.6 Å². The van der Waals surface area contributed by atoms with Crippen molar-refractivity contribution in [3.05, 3.63) is 95.3 Å². The second-order valence-electron chi connectivity index (χ2n) is 7.05. The highest BCUT2D eigenvalue weighted by atomic mass is 19.3. The highest BCUT2D eigenvalue weighted by Crippen LogP contribution is 2.56. The quantitative estimate of drug-likeness (QED) is 0.358. The molecule has 0 spiro atoms. The summed E-state index contributed by atoms with van der Waals surface area (Å²) in [7, 11) is 0. The second-order valence-corrected chi connectivity index (χ2v) is 7.05. The maximum absolute atomic E-state index is 15.1. The fourth-order valence-corrected chi connectivity index (χ4v) is 3.19. The molecule has 0 bridgehead atoms. The van der Waals surface area contributed by atoms with E-state index >= 15 is 8.78 Å². The van der Waals surface area contributed by atoms with E-state index in [4.69, 9.17) is 9.47 Å². The Hall–Kier alpha value is -3.07. The molecule has 31 heavy (non-hydrogen) atoms. The van der Waals surface area contributed by atoms with Crippen molar-refractivity contribution in [3.63, 3.8) is 0 Å². The molecule has 162 valence electrons. The van der Waals surface area contributed by atoms with Crippen LogP contribution < -0.4 is 4.74 Å². The maximum atomic E-state index is 15.1. The zero-order chi connectivity index (χ0) is 22.3. The molecule has 9 heteroatoms. The summed E-state index contributed by atoms with van der Waals surface area (Å²) in [5.41, 5.74) is -3.83. The van der Waals surface area contributed by atoms with Gasteiger partial charge in [0.2, 0.25) is 0 Å². The largest absolute Gasteiger partial charge is 0.485 e. The summed E-state index contributed by atoms with van der Waals surface area (Å²) in [5, 5.41) is 0. The maximum Gasteiger partial charge on any atom is 0.324 e. The Morgan fingerprint density at radius 1 is 0.968 bits per heavy atom. The third kappa shape index (κ3) is 3.85. The van der Waals surface area contributed by atoms with Crippen molar-refractivity contribution >= 4 is 0 Å². The second kappa shape index (κ2) is 7.56. The van der Waals surface area contributed by atoms with E-state index in [-0.39, 0.29) is 11.3 Å². The van der Waals surface area contributed by atoms with E-state index < -0.39 is 53.6 Å². The molecule has 0 saturated carbocycles. The summed E-state index contributed by atoms with van der Waals surface area (Å²) < 4.78 is 95.7. The van der Waals surface area contributed by atoms with E-state index in [1.165, 1.54) is 24.3 Å². The van der Waals surface area contributed by atoms with Gasteiger partial charge in [0.1, 0.15) is 23.1 Å². The smallest absolute Gasteiger partial charge is 0.324 e. The molecule has 3 nitrogen and oxygen atoms in total. The standard InChI is InChI=1S/C22H15F6NO2/c23-15-6-8-17(18(24)10-15)20(12-31-20)22(27,28)19-9-7-16(11-29-19)30-13-21(25,26)14-4-2-1-3-5-14/h1-11H,12-13H2. The van der Waals surface area contributed by atoms with Crippen LogP contribution >= 0.6 is 0 Å². The molecule has 1 aliphatic rings. The highest BCUT2D eigenvalue weighted by molar-refractivity contribution is 5.36. The van der Waals surface area contributed by atoms with E-state index in [1.807, 2.05) is 0 Å². The normalized spacial score (nSPS) is 18.6. The number of benzene rings is 2. The van der Waals surface area contributed by atoms with Crippen LogP contribution in [0.4, 0.5) is 26.3 Å². The molecule has 0 radical (unpaired) electrons. The molecule has 2 aromatic carbocycles. The first kappa shape index (κ1) is 21.2. The van der Waals surface area contributed by atoms with Crippen LogP contribution in [-0.2, 0) is 22.2 Å². The molecule has 1 aromatic heterocycles. The van der Waals surface area contributed by atoms with Gasteiger partial charge in [-0.3, -0.25) is 4.98 Å². The van der Waals surface area contributed by atoms with Gasteiger partial charge in [-0.2, -0.15) is 17.6 Å². The molecule has 3 aromatic rings. The lowest BCUT2D eigenvalue weighted by Gasteiger charge is -2.24. The number of aromatic nitrogens is 1. The zero-order valence-corrected chi connectivity index (χ0v) is 15.8. The van der Waals surface area contributed by atoms with E-state index in [1.54, 1.807) is 6.07 Å². The lowest BCUT2D eigenvalue weighted by atomic mass is 9.90. The minimum atomic E-state index is -3.77. The molecule has 1 fully saturated rings. The van der Waals surface area contributed by atoms with Crippen LogP contribution in [0.5, 0.6) is 5.75 Å². The SMILES string of the molecule is Fc1ccc(C2(C(F)(F)c3ccc(OCC(F)(F)c4ccccc4)cn3)CO2)c(F)c1. The Labute approximate surface area is 173 Å². The van der Waals surface area contributed by atoms with Crippen LogP contribution in [0.25, 0.3) is 0 Å². The van der Waals surface area contributed by atoms with E-state index in [0.29, 0.717) is 6.07 Å². The van der Waals surface area contributed by atoms with Crippen molar-refractivity contribution in [1.82, 2.24) is 4.98 Å². The first-order valence-electron chi connectivity index (χ1n) is 9.16. The Bertz CT molecular complexity index is 1070. The van der Waals surface area contributed by atoms with Crippen LogP contribution in [-0.4, -0.2) is 18.2 Å². The number of pyridine rings is 1. The van der Waals surface area contributed by atoms with Gasteiger partial charge in [-0.1, -0.05) is 30.3 Å². The minimum absolute atomic E-state index is 0.145. The number of halogens is 6. The summed E-state index contributed by atoms with van der Waals surface area (Å²) in [5.74, 6) is -9.28. The molecular formula is C22H15F6NO2. The van der Waals surface area contributed by atoms with Crippen molar-refractivity contribution in [1.29, 1.82) is 0 Å². The summed E-state index contributed by atoms with van der Waals surface area (Å²) in [6, 6.07) is 11.2. The Balaban J connectivity index is 1.51. The Kier molecular flexibility index (Phi) is 5.17. The summed E-state index contributed by atoms with van der Waals surface area (Å²) in [6.45, 7) is -1.51. The van der Waals surface area contributed by atoms with Gasteiger partial charge in [-0.25, -0.2) is 8.78 Å². The minimum Gasteiger partial charge on any atom is -0.485 e. The number of rotatable bonds is 7. The third-order valence-corrected chi connectivity index (χ3v) is 4.98. The monoisotopic (exact) mass is 439 g/mol. The predicted octanol–water partition coefficient (Wildman–Crippen LogP) is 5.55. The molecule has 0 aliphatic carbocycles. The Morgan fingerprint density at radius 3 is 2.26 bits per heavy atom. The molecule has 1 unspecified atom stereocenters. The van der Waals surface area contributed by atoms with Crippen molar-refractivity contribution in [2.45, 2.75) is 17.4 Å². The van der Waals surface area contributed by atoms with E-state index in [2.05, 4.69) is 4.98 Å². The lowest BCUT2D eigenvalue weighted by Crippen LogP contribution is -2.34. The fourth-order valence-electron chi connectivity index (χ4n) is 3.19. The van der Waals surface area contributed by atoms with Gasteiger partial charge in [0.25, 0.3) is 0 Å². The number of epoxide rings is 1. The van der Waals surface area contributed by atoms with Gasteiger partial charge >= 0.3 is 11.8 Å². The molecule has 2 heterocycles. The average molecular weight is 439 g/mol. The average Bonchev–Trinajstić information content (AvgIpc) is 3.56. The van der Waals surface area contributed by atoms with Crippen LogP contribution in [0.3, 0.4) is 0 Å². The summed E-state index contributed by atoms with van der Waals surface area (Å²) in [6.07, 6.45) is 0.876. The van der Waals surface area contributed by atoms with Gasteiger partial charge in [-0.15, -0.1) is 0 Å². The predicted molar refractivity (Wildman–Crippen MR) is 98.0 cm³/mol. The molecule has 4 rings (SSSR count). The number of hydrogen-bond donors (Lipinski definition) is 0. The summed E-state index contributed by atoms with van der Waals surface area (Å²) in [4.78, 5) is 3.61. The Morgan fingerprint density at radius 2 is 1.68 bits per heavy atom. The summed E-state index contributed by atoms with van der Waals surface area (Å²) >= 11 is 0. The van der Waals surface area contributed by atoms with Crippen LogP contribution in [0.2, 0.25) is 0 Å². The molecular weight excluding hydrogens is 424 g/mol. The van der Waals surface area contributed by atoms with E-state index in [0.717, 1.165) is 30.5 Å². The van der Waals surface area contributed by atoms with Gasteiger partial charge in [-0.05, 0) is 24.3 Å². The van der Waals surface area contributed by atoms with E-state index in [9.17, 15) is 17.6 Å². The lowest BCUT2D eigenvalue weighted by molar-refractivity contribution is -0.0903. The number of nitrogens with zero attached hydrogens (tertiary/aromatic N) is 1. The number of hydrogen-bond acceptors (Lipinski definition) is 3. The molecule has 1 saturated heterocycles. The number of ether oxygens (including phenoxy) is 2. The van der Waals surface area contributed by atoms with Gasteiger partial charge in [0.05, 0.1) is 12.8 Å². The topological polar surface area (TPSA) is 34.6 Å². The van der Waals surface area contributed by atoms with Crippen LogP contribution in [0.1, 0.15) is 16.8 Å². The van der Waals surface area contributed by atoms with Crippen LogP contribution in [0.15, 0.2) is 66.9 Å². The van der Waals surface area contributed by atoms with Crippen molar-refractivity contribution in [3.8, 4) is 5.75 Å². The molecule has 0 amide bonds. The zero-order valence-electron chi connectivity index (χ0n) is 15.8. The first-order chi connectivity index (χ1) is 14.7. The first-order valence-corrected chi connectivity index (χ1v) is 9.16. The van der Waals surface area contributed by atoms with Crippen molar-refractivity contribution in [2.75, 3.05) is 13.2 Å². The van der Waals surface area contributed by atoms with Crippen molar-refractivity contribution in [2.24, 2.45) is 0 Å². The molecule has 1 aliphatic heterocycles. The highest BCUT2D eigenvalue weighted by Gasteiger charge is 2.68. The fraction of sp³-hybridized carbons (Fsp3) is 0.227.